The number of rotatable bonds is 5. The van der Waals surface area contributed by atoms with E-state index in [1.165, 1.54) is 0 Å². The fraction of sp³-hybridized carbons (Fsp3) is 0.400. The van der Waals surface area contributed by atoms with Crippen molar-refractivity contribution in [1.82, 2.24) is 0 Å². The Bertz CT molecular complexity index is 286. The van der Waals surface area contributed by atoms with E-state index in [4.69, 9.17) is 19.5 Å². The van der Waals surface area contributed by atoms with Crippen LogP contribution in [0.1, 0.15) is 6.92 Å². The Morgan fingerprint density at radius 3 is 2.33 bits per heavy atom. The monoisotopic (exact) mass is 210 g/mol. The van der Waals surface area contributed by atoms with Crippen molar-refractivity contribution in [2.24, 2.45) is 0 Å². The lowest BCUT2D eigenvalue weighted by Crippen LogP contribution is -2.29. The molecule has 0 amide bonds. The molecule has 0 aliphatic rings. The molecule has 15 heavy (non-hydrogen) atoms. The molecule has 2 N–H and O–H groups in total. The molecule has 82 valence electrons. The van der Waals surface area contributed by atoms with Crippen LogP contribution >= 0.6 is 0 Å². The summed E-state index contributed by atoms with van der Waals surface area (Å²) in [5.74, 6) is 0.684. The second-order valence-electron chi connectivity index (χ2n) is 3.33. The molecule has 1 aromatic carbocycles. The van der Waals surface area contributed by atoms with Gasteiger partial charge in [-0.3, -0.25) is 0 Å². The second-order valence-corrected chi connectivity index (χ2v) is 3.33. The molecule has 1 rings (SSSR count). The van der Waals surface area contributed by atoms with Gasteiger partial charge < -0.3 is 19.5 Å². The number of ether oxygens (including phenoxy) is 2. The third-order valence-corrected chi connectivity index (χ3v) is 1.92. The highest BCUT2D eigenvalue weighted by atomic mass is 16.5. The Balaban J connectivity index is 2.56. The van der Waals surface area contributed by atoms with Crippen LogP contribution in [0.5, 0.6) is 5.75 Å². The zero-order valence-corrected chi connectivity index (χ0v) is 8.88. The minimum atomic E-state index is -1.43. The van der Waals surface area contributed by atoms with Crippen LogP contribution in [0.4, 0.5) is 0 Å². The third-order valence-electron chi connectivity index (χ3n) is 1.92. The normalized spacial score (nSPS) is 12.3. The van der Waals surface area contributed by atoms with Gasteiger partial charge in [0, 0.05) is 7.11 Å². The molecule has 0 bridgehead atoms. The van der Waals surface area contributed by atoms with E-state index in [-0.39, 0.29) is 6.10 Å². The Morgan fingerprint density at radius 1 is 1.27 bits per heavy atom. The molecule has 4 nitrogen and oxygen atoms in total. The molecule has 0 saturated carbocycles. The third kappa shape index (κ3) is 3.91. The molecule has 0 aliphatic carbocycles. The van der Waals surface area contributed by atoms with Gasteiger partial charge in [0.05, 0.1) is 6.61 Å². The summed E-state index contributed by atoms with van der Waals surface area (Å²) < 4.78 is 10.4. The zero-order chi connectivity index (χ0) is 11.3. The lowest BCUT2D eigenvalue weighted by atomic mass is 9.80. The van der Waals surface area contributed by atoms with Crippen LogP contribution in [0.15, 0.2) is 24.3 Å². The molecule has 0 radical (unpaired) electrons. The summed E-state index contributed by atoms with van der Waals surface area (Å²) in [5.41, 5.74) is 0.446. The Morgan fingerprint density at radius 2 is 1.87 bits per heavy atom. The minimum Gasteiger partial charge on any atom is -0.488 e. The van der Waals surface area contributed by atoms with Gasteiger partial charge in [-0.25, -0.2) is 0 Å². The van der Waals surface area contributed by atoms with Crippen molar-refractivity contribution in [1.29, 1.82) is 0 Å². The molecule has 1 atom stereocenters. The smallest absolute Gasteiger partial charge is 0.488 e. The van der Waals surface area contributed by atoms with Gasteiger partial charge in [0.1, 0.15) is 11.9 Å². The molecule has 0 heterocycles. The van der Waals surface area contributed by atoms with Gasteiger partial charge in [0.25, 0.3) is 0 Å². The first-order chi connectivity index (χ1) is 7.13. The highest BCUT2D eigenvalue weighted by molar-refractivity contribution is 6.58. The van der Waals surface area contributed by atoms with E-state index in [1.807, 2.05) is 6.92 Å². The van der Waals surface area contributed by atoms with Gasteiger partial charge in [0.15, 0.2) is 0 Å². The zero-order valence-electron chi connectivity index (χ0n) is 8.88. The predicted molar refractivity (Wildman–Crippen MR) is 58.2 cm³/mol. The maximum absolute atomic E-state index is 8.88. The average Bonchev–Trinajstić information content (AvgIpc) is 2.18. The number of hydrogen-bond donors (Lipinski definition) is 2. The summed E-state index contributed by atoms with van der Waals surface area (Å²) in [6, 6.07) is 6.61. The lowest BCUT2D eigenvalue weighted by Gasteiger charge is -2.13. The average molecular weight is 210 g/mol. The molecular formula is C10H15BO4. The molecule has 1 aromatic rings. The Hall–Kier alpha value is -1.04. The van der Waals surface area contributed by atoms with Gasteiger partial charge in [0.2, 0.25) is 0 Å². The molecule has 0 spiro atoms. The van der Waals surface area contributed by atoms with Crippen molar-refractivity contribution < 1.29 is 19.5 Å². The van der Waals surface area contributed by atoms with E-state index in [0.717, 1.165) is 0 Å². The fourth-order valence-electron chi connectivity index (χ4n) is 1.22. The van der Waals surface area contributed by atoms with Crippen molar-refractivity contribution in [3.63, 3.8) is 0 Å². The molecule has 1 unspecified atom stereocenters. The predicted octanol–water partition coefficient (Wildman–Crippen LogP) is -0.220. The summed E-state index contributed by atoms with van der Waals surface area (Å²) in [5, 5.41) is 17.8. The van der Waals surface area contributed by atoms with Crippen LogP contribution in [0.3, 0.4) is 0 Å². The van der Waals surface area contributed by atoms with E-state index in [0.29, 0.717) is 17.8 Å². The van der Waals surface area contributed by atoms with Crippen molar-refractivity contribution in [3.05, 3.63) is 24.3 Å². The summed E-state index contributed by atoms with van der Waals surface area (Å²) in [4.78, 5) is 0. The van der Waals surface area contributed by atoms with Crippen molar-refractivity contribution in [2.45, 2.75) is 13.0 Å². The number of benzene rings is 1. The first-order valence-corrected chi connectivity index (χ1v) is 4.75. The van der Waals surface area contributed by atoms with E-state index >= 15 is 0 Å². The summed E-state index contributed by atoms with van der Waals surface area (Å²) in [7, 11) is 0.181. The van der Waals surface area contributed by atoms with Gasteiger partial charge >= 0.3 is 7.12 Å². The molecule has 0 aromatic heterocycles. The molecular weight excluding hydrogens is 195 g/mol. The van der Waals surface area contributed by atoms with Crippen LogP contribution in [0.25, 0.3) is 0 Å². The van der Waals surface area contributed by atoms with E-state index in [1.54, 1.807) is 31.4 Å². The minimum absolute atomic E-state index is 0.0279. The topological polar surface area (TPSA) is 58.9 Å². The summed E-state index contributed by atoms with van der Waals surface area (Å²) >= 11 is 0. The first kappa shape index (κ1) is 12.0. The van der Waals surface area contributed by atoms with Gasteiger partial charge in [-0.2, -0.15) is 0 Å². The first-order valence-electron chi connectivity index (χ1n) is 4.75. The molecule has 0 fully saturated rings. The van der Waals surface area contributed by atoms with Gasteiger partial charge in [-0.05, 0) is 24.5 Å². The van der Waals surface area contributed by atoms with E-state index in [2.05, 4.69) is 0 Å². The van der Waals surface area contributed by atoms with Crippen LogP contribution in [-0.4, -0.2) is 37.0 Å². The molecule has 0 aliphatic heterocycles. The van der Waals surface area contributed by atoms with Crippen LogP contribution < -0.4 is 10.2 Å². The highest BCUT2D eigenvalue weighted by Crippen LogP contribution is 2.10. The van der Waals surface area contributed by atoms with Crippen LogP contribution in [-0.2, 0) is 4.74 Å². The standard InChI is InChI=1S/C10H15BO4/c1-8(7-14-2)15-10-5-3-9(4-6-10)11(12)13/h3-6,8,12-13H,7H2,1-2H3. The highest BCUT2D eigenvalue weighted by Gasteiger charge is 2.10. The number of methoxy groups -OCH3 is 1. The molecule has 0 saturated heterocycles. The summed E-state index contributed by atoms with van der Waals surface area (Å²) in [6.07, 6.45) is -0.0279. The Kier molecular flexibility index (Phi) is 4.61. The van der Waals surface area contributed by atoms with Crippen molar-refractivity contribution >= 4 is 12.6 Å². The summed E-state index contributed by atoms with van der Waals surface area (Å²) in [6.45, 7) is 2.42. The SMILES string of the molecule is COCC(C)Oc1ccc(B(O)O)cc1. The van der Waals surface area contributed by atoms with Crippen molar-refractivity contribution in [2.75, 3.05) is 13.7 Å². The maximum atomic E-state index is 8.88. The van der Waals surface area contributed by atoms with E-state index < -0.39 is 7.12 Å². The van der Waals surface area contributed by atoms with Gasteiger partial charge in [-0.15, -0.1) is 0 Å². The Labute approximate surface area is 89.6 Å². The van der Waals surface area contributed by atoms with E-state index in [9.17, 15) is 0 Å². The largest absolute Gasteiger partial charge is 0.488 e. The van der Waals surface area contributed by atoms with Crippen molar-refractivity contribution in [3.8, 4) is 5.75 Å². The molecule has 5 heteroatoms. The lowest BCUT2D eigenvalue weighted by molar-refractivity contribution is 0.0921. The van der Waals surface area contributed by atoms with Gasteiger partial charge in [-0.1, -0.05) is 12.1 Å². The maximum Gasteiger partial charge on any atom is 0.488 e. The van der Waals surface area contributed by atoms with Crippen LogP contribution in [0.2, 0.25) is 0 Å². The van der Waals surface area contributed by atoms with Crippen LogP contribution in [0, 0.1) is 0 Å². The fourth-order valence-corrected chi connectivity index (χ4v) is 1.22. The second kappa shape index (κ2) is 5.75. The number of hydrogen-bond acceptors (Lipinski definition) is 4. The quantitative estimate of drug-likeness (QED) is 0.659.